The molecule has 1 aliphatic rings. The third kappa shape index (κ3) is 2.77. The Labute approximate surface area is 150 Å². The number of aliphatic hydroxyl groups excluding tert-OH is 1. The van der Waals surface area contributed by atoms with E-state index in [0.717, 1.165) is 15.7 Å². The van der Waals surface area contributed by atoms with Gasteiger partial charge in [-0.3, -0.25) is 4.98 Å². The van der Waals surface area contributed by atoms with Crippen LogP contribution in [0.5, 0.6) is 0 Å². The Morgan fingerprint density at radius 2 is 1.92 bits per heavy atom. The Morgan fingerprint density at radius 1 is 1.29 bits per heavy atom. The molecule has 1 fully saturated rings. The summed E-state index contributed by atoms with van der Waals surface area (Å²) in [5, 5.41) is 19.9. The molecule has 0 saturated carbocycles. The number of hydrogen-bond acceptors (Lipinski definition) is 6. The van der Waals surface area contributed by atoms with Crippen molar-refractivity contribution >= 4 is 45.7 Å². The van der Waals surface area contributed by atoms with Crippen LogP contribution in [0.3, 0.4) is 0 Å². The summed E-state index contributed by atoms with van der Waals surface area (Å²) in [4.78, 5) is 4.93. The second-order valence-corrected chi connectivity index (χ2v) is 8.46. The zero-order valence-electron chi connectivity index (χ0n) is 14.2. The standard InChI is InChI=1S/C16H21BClNO4S/c1-14(2)15(3,4)23-17(22-14)10-5-6-19-11-7-12(24-13(10)11)16(21,8-18)9-20/h5-7,20-21H,8-9H2,1-4H3. The summed E-state index contributed by atoms with van der Waals surface area (Å²) in [6, 6.07) is 3.62. The minimum Gasteiger partial charge on any atom is -0.399 e. The van der Waals surface area contributed by atoms with E-state index >= 15 is 0 Å². The minimum absolute atomic E-state index is 0.0951. The SMILES string of the molecule is CC1(C)OB(c2ccnc3cc(C(O)(CO)CCl)sc23)OC1(C)C. The zero-order chi connectivity index (χ0) is 17.8. The van der Waals surface area contributed by atoms with Crippen LogP contribution in [0.4, 0.5) is 0 Å². The van der Waals surface area contributed by atoms with Crippen LogP contribution in [0.2, 0.25) is 0 Å². The van der Waals surface area contributed by atoms with E-state index in [-0.39, 0.29) is 5.88 Å². The molecule has 3 rings (SSSR count). The number of aliphatic hydroxyl groups is 2. The van der Waals surface area contributed by atoms with Gasteiger partial charge in [0.25, 0.3) is 0 Å². The number of alkyl halides is 1. The lowest BCUT2D eigenvalue weighted by molar-refractivity contribution is 0.00406. The number of aromatic nitrogens is 1. The van der Waals surface area contributed by atoms with Gasteiger partial charge >= 0.3 is 7.12 Å². The van der Waals surface area contributed by atoms with Crippen LogP contribution in [0.25, 0.3) is 10.2 Å². The summed E-state index contributed by atoms with van der Waals surface area (Å²) in [6.45, 7) is 7.56. The van der Waals surface area contributed by atoms with Crippen LogP contribution in [-0.4, -0.2) is 46.0 Å². The summed E-state index contributed by atoms with van der Waals surface area (Å²) >= 11 is 7.19. The molecule has 8 heteroatoms. The lowest BCUT2D eigenvalue weighted by Crippen LogP contribution is -2.41. The molecule has 2 N–H and O–H groups in total. The lowest BCUT2D eigenvalue weighted by atomic mass is 9.79. The van der Waals surface area contributed by atoms with Crippen molar-refractivity contribution in [3.05, 3.63) is 23.2 Å². The van der Waals surface area contributed by atoms with Crippen molar-refractivity contribution in [1.82, 2.24) is 4.98 Å². The highest BCUT2D eigenvalue weighted by molar-refractivity contribution is 7.20. The molecule has 0 amide bonds. The van der Waals surface area contributed by atoms with Gasteiger partial charge in [0.05, 0.1) is 33.9 Å². The number of hydrogen-bond donors (Lipinski definition) is 2. The van der Waals surface area contributed by atoms with Crippen molar-refractivity contribution in [2.24, 2.45) is 0 Å². The molecular formula is C16H21BClNO4S. The fourth-order valence-electron chi connectivity index (χ4n) is 2.53. The Hall–Kier alpha value is -0.695. The average Bonchev–Trinajstić information content (AvgIpc) is 3.05. The van der Waals surface area contributed by atoms with Gasteiger partial charge in [-0.1, -0.05) is 0 Å². The number of rotatable bonds is 4. The maximum absolute atomic E-state index is 10.5. The molecule has 1 saturated heterocycles. The van der Waals surface area contributed by atoms with E-state index < -0.39 is 30.5 Å². The topological polar surface area (TPSA) is 71.8 Å². The van der Waals surface area contributed by atoms with Crippen molar-refractivity contribution in [3.8, 4) is 0 Å². The van der Waals surface area contributed by atoms with Crippen molar-refractivity contribution < 1.29 is 19.5 Å². The van der Waals surface area contributed by atoms with Gasteiger partial charge in [-0.2, -0.15) is 0 Å². The molecule has 0 bridgehead atoms. The highest BCUT2D eigenvalue weighted by atomic mass is 35.5. The Bertz CT molecular complexity index is 744. The third-order valence-corrected chi connectivity index (χ3v) is 6.70. The van der Waals surface area contributed by atoms with Gasteiger partial charge in [0.2, 0.25) is 0 Å². The molecule has 24 heavy (non-hydrogen) atoms. The van der Waals surface area contributed by atoms with Gasteiger partial charge in [0.1, 0.15) is 5.60 Å². The van der Waals surface area contributed by atoms with Crippen molar-refractivity contribution in [1.29, 1.82) is 0 Å². The molecular weight excluding hydrogens is 349 g/mol. The van der Waals surface area contributed by atoms with E-state index in [0.29, 0.717) is 4.88 Å². The van der Waals surface area contributed by atoms with Gasteiger partial charge in [-0.15, -0.1) is 22.9 Å². The first-order valence-electron chi connectivity index (χ1n) is 7.77. The number of halogens is 1. The van der Waals surface area contributed by atoms with Crippen LogP contribution in [0, 0.1) is 0 Å². The molecule has 130 valence electrons. The molecule has 0 spiro atoms. The van der Waals surface area contributed by atoms with E-state index in [2.05, 4.69) is 4.98 Å². The van der Waals surface area contributed by atoms with Crippen LogP contribution in [0.1, 0.15) is 32.6 Å². The molecule has 0 aromatic carbocycles. The van der Waals surface area contributed by atoms with E-state index in [1.54, 1.807) is 12.3 Å². The molecule has 1 unspecified atom stereocenters. The molecule has 2 aromatic rings. The Kier molecular flexibility index (Phi) is 4.48. The van der Waals surface area contributed by atoms with Gasteiger partial charge < -0.3 is 19.5 Å². The molecule has 2 aromatic heterocycles. The molecule has 1 atom stereocenters. The van der Waals surface area contributed by atoms with Gasteiger partial charge in [0, 0.05) is 16.5 Å². The highest BCUT2D eigenvalue weighted by Crippen LogP contribution is 2.38. The smallest absolute Gasteiger partial charge is 0.399 e. The first-order chi connectivity index (χ1) is 11.1. The number of pyridine rings is 1. The number of nitrogens with zero attached hydrogens (tertiary/aromatic N) is 1. The first kappa shape index (κ1) is 18.1. The van der Waals surface area contributed by atoms with Gasteiger partial charge in [-0.05, 0) is 39.8 Å². The third-order valence-electron chi connectivity index (χ3n) is 4.89. The van der Waals surface area contributed by atoms with Crippen molar-refractivity contribution in [2.75, 3.05) is 12.5 Å². The lowest BCUT2D eigenvalue weighted by Gasteiger charge is -2.32. The summed E-state index contributed by atoms with van der Waals surface area (Å²) in [5.74, 6) is -0.0951. The quantitative estimate of drug-likeness (QED) is 0.637. The van der Waals surface area contributed by atoms with Crippen molar-refractivity contribution in [2.45, 2.75) is 44.5 Å². The van der Waals surface area contributed by atoms with E-state index in [4.69, 9.17) is 20.9 Å². The van der Waals surface area contributed by atoms with Gasteiger partial charge in [0.15, 0.2) is 0 Å². The largest absolute Gasteiger partial charge is 0.496 e. The fourth-order valence-corrected chi connectivity index (χ4v) is 4.05. The summed E-state index contributed by atoms with van der Waals surface area (Å²) in [5.41, 5.74) is -0.755. The van der Waals surface area contributed by atoms with Crippen molar-refractivity contribution in [3.63, 3.8) is 0 Å². The van der Waals surface area contributed by atoms with Crippen LogP contribution in [-0.2, 0) is 14.9 Å². The molecule has 5 nitrogen and oxygen atoms in total. The molecule has 1 aliphatic heterocycles. The minimum atomic E-state index is -1.47. The van der Waals surface area contributed by atoms with E-state index in [1.807, 2.05) is 33.8 Å². The number of fused-ring (bicyclic) bond motifs is 1. The molecule has 0 radical (unpaired) electrons. The fraction of sp³-hybridized carbons (Fsp3) is 0.562. The summed E-state index contributed by atoms with van der Waals surface area (Å²) in [6.07, 6.45) is 1.69. The monoisotopic (exact) mass is 369 g/mol. The van der Waals surface area contributed by atoms with Crippen LogP contribution < -0.4 is 5.46 Å². The average molecular weight is 370 g/mol. The maximum Gasteiger partial charge on any atom is 0.496 e. The first-order valence-corrected chi connectivity index (χ1v) is 9.12. The predicted molar refractivity (Wildman–Crippen MR) is 97.0 cm³/mol. The summed E-state index contributed by atoms with van der Waals surface area (Å²) < 4.78 is 13.1. The normalized spacial score (nSPS) is 22.0. The zero-order valence-corrected chi connectivity index (χ0v) is 15.7. The highest BCUT2D eigenvalue weighted by Gasteiger charge is 2.52. The second kappa shape index (κ2) is 5.93. The molecule has 0 aliphatic carbocycles. The Balaban J connectivity index is 2.06. The number of thiophene rings is 1. The van der Waals surface area contributed by atoms with E-state index in [1.165, 1.54) is 11.3 Å². The van der Waals surface area contributed by atoms with Crippen LogP contribution in [0.15, 0.2) is 18.3 Å². The van der Waals surface area contributed by atoms with Gasteiger partial charge in [-0.25, -0.2) is 0 Å². The second-order valence-electron chi connectivity index (χ2n) is 7.14. The Morgan fingerprint density at radius 3 is 2.46 bits per heavy atom. The maximum atomic E-state index is 10.5. The molecule has 3 heterocycles. The van der Waals surface area contributed by atoms with Crippen LogP contribution >= 0.6 is 22.9 Å². The van der Waals surface area contributed by atoms with E-state index in [9.17, 15) is 10.2 Å². The summed E-state index contributed by atoms with van der Waals surface area (Å²) in [7, 11) is -0.509. The predicted octanol–water partition coefficient (Wildman–Crippen LogP) is 2.01.